The monoisotopic (exact) mass is 442 g/mol. The van der Waals surface area contributed by atoms with Gasteiger partial charge in [-0.05, 0) is 28.4 Å². The fourth-order valence-electron chi connectivity index (χ4n) is 1.80. The van der Waals surface area contributed by atoms with Gasteiger partial charge in [0.05, 0.1) is 6.54 Å². The van der Waals surface area contributed by atoms with E-state index in [2.05, 4.69) is 69.0 Å². The number of guanidine groups is 1. The summed E-state index contributed by atoms with van der Waals surface area (Å²) in [5, 5.41) is 3.37. The summed E-state index contributed by atoms with van der Waals surface area (Å²) in [6.45, 7) is 4.01. The van der Waals surface area contributed by atoms with Crippen LogP contribution in [-0.4, -0.2) is 36.1 Å². The van der Waals surface area contributed by atoms with Gasteiger partial charge < -0.3 is 14.8 Å². The van der Waals surface area contributed by atoms with Crippen LogP contribution in [0.5, 0.6) is 0 Å². The first-order valence-electron chi connectivity index (χ1n) is 6.31. The lowest BCUT2D eigenvalue weighted by Crippen LogP contribution is -2.39. The van der Waals surface area contributed by atoms with Crippen molar-refractivity contribution >= 4 is 45.9 Å². The predicted octanol–water partition coefficient (Wildman–Crippen LogP) is 3.21. The van der Waals surface area contributed by atoms with Gasteiger partial charge >= 0.3 is 0 Å². The summed E-state index contributed by atoms with van der Waals surface area (Å²) >= 11 is 3.49. The summed E-state index contributed by atoms with van der Waals surface area (Å²) in [6.07, 6.45) is 4.43. The Bertz CT molecular complexity index is 403. The SMILES string of the molecule is CCCCNC(=NC)N(C)Cc1cc(Br)cn1C.I. The number of halogens is 2. The van der Waals surface area contributed by atoms with Crippen molar-refractivity contribution in [3.8, 4) is 0 Å². The average molecular weight is 443 g/mol. The molecule has 0 saturated heterocycles. The molecule has 0 fully saturated rings. The number of aromatic nitrogens is 1. The number of hydrogen-bond acceptors (Lipinski definition) is 1. The molecule has 1 N–H and O–H groups in total. The lowest BCUT2D eigenvalue weighted by molar-refractivity contribution is 0.461. The van der Waals surface area contributed by atoms with Gasteiger partial charge in [0.15, 0.2) is 5.96 Å². The van der Waals surface area contributed by atoms with E-state index in [1.54, 1.807) is 0 Å². The maximum absolute atomic E-state index is 4.30. The smallest absolute Gasteiger partial charge is 0.193 e. The predicted molar refractivity (Wildman–Crippen MR) is 96.3 cm³/mol. The van der Waals surface area contributed by atoms with E-state index in [4.69, 9.17) is 0 Å². The van der Waals surface area contributed by atoms with Crippen LogP contribution in [0.4, 0.5) is 0 Å². The van der Waals surface area contributed by atoms with E-state index in [9.17, 15) is 0 Å². The third-order valence-corrected chi connectivity index (χ3v) is 3.29. The summed E-state index contributed by atoms with van der Waals surface area (Å²) in [5.41, 5.74) is 1.25. The van der Waals surface area contributed by atoms with Gasteiger partial charge in [0, 0.05) is 44.1 Å². The van der Waals surface area contributed by atoms with Gasteiger partial charge in [-0.2, -0.15) is 0 Å². The number of aliphatic imine (C=N–C) groups is 1. The molecule has 0 atom stereocenters. The van der Waals surface area contributed by atoms with Crippen molar-refractivity contribution < 1.29 is 0 Å². The third kappa shape index (κ3) is 6.16. The van der Waals surface area contributed by atoms with Crippen molar-refractivity contribution in [2.45, 2.75) is 26.3 Å². The van der Waals surface area contributed by atoms with Crippen LogP contribution in [0.3, 0.4) is 0 Å². The Morgan fingerprint density at radius 1 is 1.53 bits per heavy atom. The minimum Gasteiger partial charge on any atom is -0.356 e. The first-order chi connectivity index (χ1) is 8.58. The molecule has 6 heteroatoms. The zero-order valence-electron chi connectivity index (χ0n) is 12.1. The molecule has 1 aromatic heterocycles. The fourth-order valence-corrected chi connectivity index (χ4v) is 2.37. The van der Waals surface area contributed by atoms with Gasteiger partial charge in [-0.25, -0.2) is 0 Å². The summed E-state index contributed by atoms with van der Waals surface area (Å²) in [7, 11) is 5.94. The minimum absolute atomic E-state index is 0. The maximum atomic E-state index is 4.30. The molecule has 0 unspecified atom stereocenters. The zero-order valence-corrected chi connectivity index (χ0v) is 16.0. The minimum atomic E-state index is 0. The second-order valence-corrected chi connectivity index (χ2v) is 5.36. The topological polar surface area (TPSA) is 32.6 Å². The second-order valence-electron chi connectivity index (χ2n) is 4.44. The molecule has 1 heterocycles. The number of hydrogen-bond donors (Lipinski definition) is 1. The Balaban J connectivity index is 0.00000324. The van der Waals surface area contributed by atoms with Crippen LogP contribution in [-0.2, 0) is 13.6 Å². The van der Waals surface area contributed by atoms with Gasteiger partial charge in [-0.3, -0.25) is 4.99 Å². The van der Waals surface area contributed by atoms with Crippen LogP contribution < -0.4 is 5.32 Å². The molecular formula is C13H24BrIN4. The van der Waals surface area contributed by atoms with Crippen molar-refractivity contribution in [1.82, 2.24) is 14.8 Å². The highest BCUT2D eigenvalue weighted by molar-refractivity contribution is 14.0. The van der Waals surface area contributed by atoms with Crippen LogP contribution in [0.25, 0.3) is 0 Å². The van der Waals surface area contributed by atoms with E-state index in [0.29, 0.717) is 0 Å². The highest BCUT2D eigenvalue weighted by atomic mass is 127. The molecule has 0 aliphatic carbocycles. The van der Waals surface area contributed by atoms with E-state index in [1.807, 2.05) is 7.05 Å². The Labute approximate surface area is 141 Å². The van der Waals surface area contributed by atoms with Crippen molar-refractivity contribution in [2.75, 3.05) is 20.6 Å². The lowest BCUT2D eigenvalue weighted by atomic mass is 10.3. The van der Waals surface area contributed by atoms with Gasteiger partial charge in [0.1, 0.15) is 0 Å². The molecule has 0 aliphatic heterocycles. The van der Waals surface area contributed by atoms with Crippen LogP contribution in [0.2, 0.25) is 0 Å². The summed E-state index contributed by atoms with van der Waals surface area (Å²) < 4.78 is 3.24. The van der Waals surface area contributed by atoms with Crippen molar-refractivity contribution in [2.24, 2.45) is 12.0 Å². The average Bonchev–Trinajstić information content (AvgIpc) is 2.63. The molecule has 0 amide bonds. The normalized spacial score (nSPS) is 11.1. The molecule has 4 nitrogen and oxygen atoms in total. The highest BCUT2D eigenvalue weighted by Crippen LogP contribution is 2.14. The molecule has 1 rings (SSSR count). The summed E-state index contributed by atoms with van der Waals surface area (Å²) in [5.74, 6) is 0.945. The standard InChI is InChI=1S/C13H23BrN4.HI/c1-5-6-7-16-13(15-2)18(4)10-12-8-11(14)9-17(12)3;/h8-9H,5-7,10H2,1-4H3,(H,15,16);1H. The Kier molecular flexibility index (Phi) is 9.51. The second kappa shape index (κ2) is 9.63. The van der Waals surface area contributed by atoms with Gasteiger partial charge in [-0.15, -0.1) is 24.0 Å². The van der Waals surface area contributed by atoms with E-state index < -0.39 is 0 Å². The van der Waals surface area contributed by atoms with Gasteiger partial charge in [0.25, 0.3) is 0 Å². The zero-order chi connectivity index (χ0) is 13.5. The molecular weight excluding hydrogens is 419 g/mol. The molecule has 0 aliphatic rings. The quantitative estimate of drug-likeness (QED) is 0.328. The fraction of sp³-hybridized carbons (Fsp3) is 0.615. The molecule has 0 bridgehead atoms. The largest absolute Gasteiger partial charge is 0.356 e. The molecule has 0 radical (unpaired) electrons. The van der Waals surface area contributed by atoms with Crippen molar-refractivity contribution in [3.05, 3.63) is 22.4 Å². The van der Waals surface area contributed by atoms with E-state index in [-0.39, 0.29) is 24.0 Å². The number of nitrogens with zero attached hydrogens (tertiary/aromatic N) is 3. The van der Waals surface area contributed by atoms with Crippen LogP contribution in [0, 0.1) is 0 Å². The van der Waals surface area contributed by atoms with Crippen LogP contribution >= 0.6 is 39.9 Å². The van der Waals surface area contributed by atoms with Crippen molar-refractivity contribution in [3.63, 3.8) is 0 Å². The first-order valence-corrected chi connectivity index (χ1v) is 7.10. The number of aryl methyl sites for hydroxylation is 1. The Morgan fingerprint density at radius 2 is 2.21 bits per heavy atom. The van der Waals surface area contributed by atoms with Crippen LogP contribution in [0.15, 0.2) is 21.7 Å². The van der Waals surface area contributed by atoms with E-state index in [1.165, 1.54) is 18.5 Å². The van der Waals surface area contributed by atoms with Crippen molar-refractivity contribution in [1.29, 1.82) is 0 Å². The molecule has 0 saturated carbocycles. The first kappa shape index (κ1) is 18.8. The Morgan fingerprint density at radius 3 is 2.68 bits per heavy atom. The molecule has 110 valence electrons. The molecule has 0 aromatic carbocycles. The molecule has 19 heavy (non-hydrogen) atoms. The van der Waals surface area contributed by atoms with E-state index in [0.717, 1.165) is 23.5 Å². The number of unbranched alkanes of at least 4 members (excludes halogenated alkanes) is 1. The maximum Gasteiger partial charge on any atom is 0.193 e. The summed E-state index contributed by atoms with van der Waals surface area (Å²) in [4.78, 5) is 6.44. The molecule has 0 spiro atoms. The van der Waals surface area contributed by atoms with Gasteiger partial charge in [0.2, 0.25) is 0 Å². The van der Waals surface area contributed by atoms with Gasteiger partial charge in [-0.1, -0.05) is 13.3 Å². The third-order valence-electron chi connectivity index (χ3n) is 2.86. The highest BCUT2D eigenvalue weighted by Gasteiger charge is 2.08. The molecule has 1 aromatic rings. The Hall–Kier alpha value is -0.240. The van der Waals surface area contributed by atoms with E-state index >= 15 is 0 Å². The number of nitrogens with one attached hydrogen (secondary N) is 1. The van der Waals surface area contributed by atoms with Crippen LogP contribution in [0.1, 0.15) is 25.5 Å². The lowest BCUT2D eigenvalue weighted by Gasteiger charge is -2.22. The number of rotatable bonds is 5. The summed E-state index contributed by atoms with van der Waals surface area (Å²) in [6, 6.07) is 2.13.